The van der Waals surface area contributed by atoms with Crippen LogP contribution < -0.4 is 0 Å². The largest absolute Gasteiger partial charge is 0.502 e. The van der Waals surface area contributed by atoms with Crippen LogP contribution in [0.25, 0.3) is 6.08 Å². The molecule has 0 aromatic heterocycles. The van der Waals surface area contributed by atoms with Crippen molar-refractivity contribution in [3.63, 3.8) is 0 Å². The SMILES string of the molecule is COC(=O)CN1C(=O)S/C(=C/c2ccc(O)c([N+](=O)[O-])c2)C1=O. The molecule has 23 heavy (non-hydrogen) atoms. The van der Waals surface area contributed by atoms with E-state index in [0.717, 1.165) is 24.1 Å². The molecule has 0 radical (unpaired) electrons. The number of carbonyl (C=O) groups excluding carboxylic acids is 3. The molecule has 9 nitrogen and oxygen atoms in total. The van der Waals surface area contributed by atoms with Crippen LogP contribution in [-0.2, 0) is 14.3 Å². The summed E-state index contributed by atoms with van der Waals surface area (Å²) in [5.41, 5.74) is -0.259. The lowest BCUT2D eigenvalue weighted by Gasteiger charge is -2.09. The molecule has 10 heteroatoms. The molecule has 1 aliphatic rings. The van der Waals surface area contributed by atoms with E-state index in [1.54, 1.807) is 0 Å². The van der Waals surface area contributed by atoms with E-state index in [2.05, 4.69) is 4.74 Å². The van der Waals surface area contributed by atoms with E-state index < -0.39 is 40.0 Å². The first-order valence-electron chi connectivity index (χ1n) is 6.13. The lowest BCUT2D eigenvalue weighted by molar-refractivity contribution is -0.385. The third-order valence-electron chi connectivity index (χ3n) is 2.88. The van der Waals surface area contributed by atoms with Gasteiger partial charge in [0.25, 0.3) is 11.1 Å². The Kier molecular flexibility index (Phi) is 4.65. The van der Waals surface area contributed by atoms with Crippen molar-refractivity contribution >= 4 is 40.6 Å². The third kappa shape index (κ3) is 3.48. The van der Waals surface area contributed by atoms with Crippen LogP contribution in [0, 0.1) is 10.1 Å². The number of rotatable bonds is 4. The Hall–Kier alpha value is -2.88. The number of ether oxygens (including phenoxy) is 1. The van der Waals surface area contributed by atoms with E-state index >= 15 is 0 Å². The van der Waals surface area contributed by atoms with Gasteiger partial charge in [0.1, 0.15) is 6.54 Å². The molecule has 2 rings (SSSR count). The number of nitrogens with zero attached hydrogens (tertiary/aromatic N) is 2. The number of imide groups is 1. The predicted octanol–water partition coefficient (Wildman–Crippen LogP) is 1.51. The number of nitro groups is 1. The normalized spacial score (nSPS) is 16.0. The van der Waals surface area contributed by atoms with Crippen LogP contribution in [0.4, 0.5) is 10.5 Å². The summed E-state index contributed by atoms with van der Waals surface area (Å²) in [5.74, 6) is -1.94. The zero-order valence-corrected chi connectivity index (χ0v) is 12.5. The maximum Gasteiger partial charge on any atom is 0.325 e. The van der Waals surface area contributed by atoms with E-state index in [0.29, 0.717) is 11.8 Å². The molecule has 1 N–H and O–H groups in total. The number of methoxy groups -OCH3 is 1. The number of amides is 2. The van der Waals surface area contributed by atoms with Crippen LogP contribution in [0.1, 0.15) is 5.56 Å². The van der Waals surface area contributed by atoms with E-state index in [-0.39, 0.29) is 10.5 Å². The van der Waals surface area contributed by atoms with Gasteiger partial charge in [0.2, 0.25) is 0 Å². The summed E-state index contributed by atoms with van der Waals surface area (Å²) in [4.78, 5) is 45.7. The fourth-order valence-electron chi connectivity index (χ4n) is 1.76. The second kappa shape index (κ2) is 6.48. The van der Waals surface area contributed by atoms with E-state index in [1.807, 2.05) is 0 Å². The first-order valence-corrected chi connectivity index (χ1v) is 6.94. The Morgan fingerprint density at radius 1 is 1.48 bits per heavy atom. The fourth-order valence-corrected chi connectivity index (χ4v) is 2.60. The third-order valence-corrected chi connectivity index (χ3v) is 3.79. The van der Waals surface area contributed by atoms with Crippen molar-refractivity contribution in [3.05, 3.63) is 38.8 Å². The zero-order chi connectivity index (χ0) is 17.1. The molecular weight excluding hydrogens is 328 g/mol. The van der Waals surface area contributed by atoms with Gasteiger partial charge in [-0.05, 0) is 29.5 Å². The zero-order valence-electron chi connectivity index (χ0n) is 11.7. The van der Waals surface area contributed by atoms with Crippen molar-refractivity contribution in [1.82, 2.24) is 4.90 Å². The maximum atomic E-state index is 12.1. The topological polar surface area (TPSA) is 127 Å². The summed E-state index contributed by atoms with van der Waals surface area (Å²) >= 11 is 0.606. The summed E-state index contributed by atoms with van der Waals surface area (Å²) in [6.07, 6.45) is 1.27. The molecule has 2 amide bonds. The quantitative estimate of drug-likeness (QED) is 0.379. The van der Waals surface area contributed by atoms with Crippen molar-refractivity contribution in [2.45, 2.75) is 0 Å². The van der Waals surface area contributed by atoms with Gasteiger partial charge in [0.05, 0.1) is 16.9 Å². The molecular formula is C13H10N2O7S. The smallest absolute Gasteiger partial charge is 0.325 e. The molecule has 1 aromatic carbocycles. The second-order valence-corrected chi connectivity index (χ2v) is 5.34. The minimum atomic E-state index is -0.768. The molecule has 0 saturated carbocycles. The van der Waals surface area contributed by atoms with Crippen LogP contribution in [-0.4, -0.2) is 45.7 Å². The summed E-state index contributed by atoms with van der Waals surface area (Å²) < 4.78 is 4.40. The fraction of sp³-hybridized carbons (Fsp3) is 0.154. The van der Waals surface area contributed by atoms with Crippen molar-refractivity contribution in [1.29, 1.82) is 0 Å². The number of phenols is 1. The summed E-state index contributed by atoms with van der Waals surface area (Å²) in [7, 11) is 1.13. The monoisotopic (exact) mass is 338 g/mol. The van der Waals surface area contributed by atoms with E-state index in [9.17, 15) is 29.6 Å². The molecule has 1 saturated heterocycles. The van der Waals surface area contributed by atoms with Gasteiger partial charge in [0.15, 0.2) is 5.75 Å². The molecule has 1 heterocycles. The minimum absolute atomic E-state index is 0.0129. The summed E-state index contributed by atoms with van der Waals surface area (Å²) in [5, 5.41) is 19.5. The highest BCUT2D eigenvalue weighted by Crippen LogP contribution is 2.33. The summed E-state index contributed by atoms with van der Waals surface area (Å²) in [6, 6.07) is 3.54. The average molecular weight is 338 g/mol. The van der Waals surface area contributed by atoms with Crippen LogP contribution in [0.3, 0.4) is 0 Å². The van der Waals surface area contributed by atoms with Crippen LogP contribution >= 0.6 is 11.8 Å². The molecule has 1 aliphatic heterocycles. The van der Waals surface area contributed by atoms with Gasteiger partial charge in [-0.15, -0.1) is 0 Å². The van der Waals surface area contributed by atoms with E-state index in [1.165, 1.54) is 12.1 Å². The Labute approximate surface area is 133 Å². The Morgan fingerprint density at radius 2 is 2.17 bits per heavy atom. The Balaban J connectivity index is 2.29. The lowest BCUT2D eigenvalue weighted by Crippen LogP contribution is -2.34. The van der Waals surface area contributed by atoms with Crippen molar-refractivity contribution < 1.29 is 29.2 Å². The number of phenolic OH excluding ortho intramolecular Hbond substituents is 1. The molecule has 0 atom stereocenters. The molecule has 0 spiro atoms. The first kappa shape index (κ1) is 16.5. The van der Waals surface area contributed by atoms with Gasteiger partial charge in [-0.1, -0.05) is 6.07 Å². The van der Waals surface area contributed by atoms with Crippen LogP contribution in [0.15, 0.2) is 23.1 Å². The molecule has 0 aliphatic carbocycles. The Bertz CT molecular complexity index is 744. The van der Waals surface area contributed by atoms with Gasteiger partial charge < -0.3 is 9.84 Å². The molecule has 1 fully saturated rings. The average Bonchev–Trinajstić information content (AvgIpc) is 2.76. The van der Waals surface area contributed by atoms with Gasteiger partial charge >= 0.3 is 11.7 Å². The maximum absolute atomic E-state index is 12.1. The van der Waals surface area contributed by atoms with Gasteiger partial charge in [-0.2, -0.15) is 0 Å². The molecule has 0 bridgehead atoms. The molecule has 120 valence electrons. The highest BCUT2D eigenvalue weighted by molar-refractivity contribution is 8.18. The predicted molar refractivity (Wildman–Crippen MR) is 79.5 cm³/mol. The number of hydrogen-bond donors (Lipinski definition) is 1. The second-order valence-electron chi connectivity index (χ2n) is 4.35. The van der Waals surface area contributed by atoms with Crippen LogP contribution in [0.5, 0.6) is 5.75 Å². The first-order chi connectivity index (χ1) is 10.8. The van der Waals surface area contributed by atoms with Crippen LogP contribution in [0.2, 0.25) is 0 Å². The number of esters is 1. The van der Waals surface area contributed by atoms with Gasteiger partial charge in [-0.3, -0.25) is 29.4 Å². The van der Waals surface area contributed by atoms with Gasteiger partial charge in [0, 0.05) is 6.07 Å². The minimum Gasteiger partial charge on any atom is -0.502 e. The highest BCUT2D eigenvalue weighted by Gasteiger charge is 2.36. The van der Waals surface area contributed by atoms with Crippen molar-refractivity contribution in [2.75, 3.05) is 13.7 Å². The number of hydrogen-bond acceptors (Lipinski definition) is 8. The number of carbonyl (C=O) groups is 3. The number of aromatic hydroxyl groups is 1. The lowest BCUT2D eigenvalue weighted by atomic mass is 10.1. The number of nitro benzene ring substituents is 1. The van der Waals surface area contributed by atoms with Gasteiger partial charge in [-0.25, -0.2) is 0 Å². The van der Waals surface area contributed by atoms with Crippen molar-refractivity contribution in [3.8, 4) is 5.75 Å². The number of thioether (sulfide) groups is 1. The van der Waals surface area contributed by atoms with Crippen molar-refractivity contribution in [2.24, 2.45) is 0 Å². The highest BCUT2D eigenvalue weighted by atomic mass is 32.2. The number of benzene rings is 1. The molecule has 0 unspecified atom stereocenters. The standard InChI is InChI=1S/C13H10N2O7S/c1-22-11(17)6-14-12(18)10(23-13(14)19)5-7-2-3-9(16)8(4-7)15(20)21/h2-5,16H,6H2,1H3/b10-5+. The van der Waals surface area contributed by atoms with E-state index in [4.69, 9.17) is 0 Å². The molecule has 1 aromatic rings. The Morgan fingerprint density at radius 3 is 2.78 bits per heavy atom. The summed E-state index contributed by atoms with van der Waals surface area (Å²) in [6.45, 7) is -0.506.